The molecule has 3 amide bonds. The molecule has 10 nitrogen and oxygen atoms in total. The molecule has 37 heavy (non-hydrogen) atoms. The largest absolute Gasteiger partial charge is 0.495 e. The molecule has 0 aliphatic carbocycles. The number of ether oxygens (including phenoxy) is 2. The molecule has 0 bridgehead atoms. The van der Waals surface area contributed by atoms with Crippen LogP contribution in [0.15, 0.2) is 42.5 Å². The number of amides is 3. The van der Waals surface area contributed by atoms with Crippen molar-refractivity contribution < 1.29 is 23.9 Å². The van der Waals surface area contributed by atoms with E-state index in [1.165, 1.54) is 0 Å². The van der Waals surface area contributed by atoms with Crippen molar-refractivity contribution in [1.82, 2.24) is 10.6 Å². The monoisotopic (exact) mass is 511 g/mol. The quantitative estimate of drug-likeness (QED) is 0.420. The van der Waals surface area contributed by atoms with E-state index in [2.05, 4.69) is 25.8 Å². The SMILES string of the molecule is CCOC(=O)CNC(=O)Nc1ccc(N2CCN(c3ccccc3OC)CC2)c(C(=O)NCC(C)C)c1. The number of carbonyl (C=O) groups excluding carboxylic acids is 3. The van der Waals surface area contributed by atoms with Crippen molar-refractivity contribution in [2.24, 2.45) is 5.92 Å². The lowest BCUT2D eigenvalue weighted by molar-refractivity contribution is -0.141. The van der Waals surface area contributed by atoms with Crippen molar-refractivity contribution in [3.05, 3.63) is 48.0 Å². The number of methoxy groups -OCH3 is 1. The molecule has 10 heteroatoms. The Morgan fingerprint density at radius 1 is 0.946 bits per heavy atom. The fourth-order valence-electron chi connectivity index (χ4n) is 4.08. The van der Waals surface area contributed by atoms with Crippen molar-refractivity contribution in [2.75, 3.05) is 68.1 Å². The molecule has 2 aromatic rings. The van der Waals surface area contributed by atoms with Crippen molar-refractivity contribution in [2.45, 2.75) is 20.8 Å². The lowest BCUT2D eigenvalue weighted by Crippen LogP contribution is -2.47. The van der Waals surface area contributed by atoms with Gasteiger partial charge < -0.3 is 35.2 Å². The second-order valence-electron chi connectivity index (χ2n) is 9.09. The molecular weight excluding hydrogens is 474 g/mol. The van der Waals surface area contributed by atoms with Gasteiger partial charge >= 0.3 is 12.0 Å². The van der Waals surface area contributed by atoms with E-state index >= 15 is 0 Å². The number of para-hydroxylation sites is 2. The molecular formula is C27H37N5O5. The van der Waals surface area contributed by atoms with Gasteiger partial charge in [-0.25, -0.2) is 4.79 Å². The maximum atomic E-state index is 13.2. The zero-order valence-corrected chi connectivity index (χ0v) is 22.0. The number of piperazine rings is 1. The Hall–Kier alpha value is -3.95. The number of carbonyl (C=O) groups is 3. The topological polar surface area (TPSA) is 112 Å². The molecule has 0 radical (unpaired) electrons. The summed E-state index contributed by atoms with van der Waals surface area (Å²) in [5, 5.41) is 8.13. The Balaban J connectivity index is 1.74. The summed E-state index contributed by atoms with van der Waals surface area (Å²) in [6, 6.07) is 12.7. The van der Waals surface area contributed by atoms with Crippen molar-refractivity contribution in [3.8, 4) is 5.75 Å². The van der Waals surface area contributed by atoms with E-state index in [0.717, 1.165) is 43.3 Å². The predicted molar refractivity (Wildman–Crippen MR) is 145 cm³/mol. The first-order valence-electron chi connectivity index (χ1n) is 12.6. The minimum atomic E-state index is -0.556. The highest BCUT2D eigenvalue weighted by molar-refractivity contribution is 6.02. The van der Waals surface area contributed by atoms with Crippen molar-refractivity contribution >= 4 is 35.0 Å². The molecule has 0 unspecified atom stereocenters. The second-order valence-corrected chi connectivity index (χ2v) is 9.09. The first-order chi connectivity index (χ1) is 17.8. The third-order valence-corrected chi connectivity index (χ3v) is 5.91. The van der Waals surface area contributed by atoms with Crippen LogP contribution < -0.4 is 30.5 Å². The number of urea groups is 1. The van der Waals surface area contributed by atoms with Crippen LogP contribution in [0.1, 0.15) is 31.1 Å². The van der Waals surface area contributed by atoms with E-state index in [1.54, 1.807) is 26.2 Å². The van der Waals surface area contributed by atoms with Crippen molar-refractivity contribution in [3.63, 3.8) is 0 Å². The number of rotatable bonds is 10. The summed E-state index contributed by atoms with van der Waals surface area (Å²) >= 11 is 0. The average Bonchev–Trinajstić information content (AvgIpc) is 2.90. The fourth-order valence-corrected chi connectivity index (χ4v) is 4.08. The molecule has 0 atom stereocenters. The number of esters is 1. The molecule has 1 fully saturated rings. The van der Waals surface area contributed by atoms with Crippen LogP contribution >= 0.6 is 0 Å². The van der Waals surface area contributed by atoms with Crippen LogP contribution in [0.4, 0.5) is 21.9 Å². The number of nitrogens with zero attached hydrogens (tertiary/aromatic N) is 2. The maximum Gasteiger partial charge on any atom is 0.325 e. The fraction of sp³-hybridized carbons (Fsp3) is 0.444. The van der Waals surface area contributed by atoms with Gasteiger partial charge in [-0.3, -0.25) is 9.59 Å². The third kappa shape index (κ3) is 7.77. The molecule has 200 valence electrons. The highest BCUT2D eigenvalue weighted by Gasteiger charge is 2.24. The van der Waals surface area contributed by atoms with Crippen LogP contribution in [0.3, 0.4) is 0 Å². The molecule has 1 heterocycles. The summed E-state index contributed by atoms with van der Waals surface area (Å²) in [7, 11) is 1.67. The molecule has 2 aromatic carbocycles. The third-order valence-electron chi connectivity index (χ3n) is 5.91. The Morgan fingerprint density at radius 3 is 2.27 bits per heavy atom. The number of nitrogens with one attached hydrogen (secondary N) is 3. The highest BCUT2D eigenvalue weighted by Crippen LogP contribution is 2.31. The van der Waals surface area contributed by atoms with Gasteiger partial charge in [0.15, 0.2) is 0 Å². The maximum absolute atomic E-state index is 13.2. The van der Waals surface area contributed by atoms with Gasteiger partial charge in [0.1, 0.15) is 12.3 Å². The molecule has 0 saturated carbocycles. The summed E-state index contributed by atoms with van der Waals surface area (Å²) < 4.78 is 10.3. The number of hydrogen-bond donors (Lipinski definition) is 3. The lowest BCUT2D eigenvalue weighted by atomic mass is 10.1. The zero-order valence-electron chi connectivity index (χ0n) is 22.0. The lowest BCUT2D eigenvalue weighted by Gasteiger charge is -2.38. The Morgan fingerprint density at radius 2 is 1.62 bits per heavy atom. The Kier molecular flexibility index (Phi) is 10.00. The van der Waals surface area contributed by atoms with Gasteiger partial charge in [-0.05, 0) is 43.2 Å². The minimum Gasteiger partial charge on any atom is -0.495 e. The molecule has 1 aliphatic rings. The first kappa shape index (κ1) is 27.6. The van der Waals surface area contributed by atoms with Gasteiger partial charge in [0.2, 0.25) is 0 Å². The summed E-state index contributed by atoms with van der Waals surface area (Å²) in [5.74, 6) is 0.411. The van der Waals surface area contributed by atoms with E-state index in [9.17, 15) is 14.4 Å². The van der Waals surface area contributed by atoms with Crippen LogP contribution in [0, 0.1) is 5.92 Å². The highest BCUT2D eigenvalue weighted by atomic mass is 16.5. The van der Waals surface area contributed by atoms with Gasteiger partial charge in [0.25, 0.3) is 5.91 Å². The molecule has 1 aliphatic heterocycles. The first-order valence-corrected chi connectivity index (χ1v) is 12.6. The van der Waals surface area contributed by atoms with Crippen LogP contribution in [0.25, 0.3) is 0 Å². The molecule has 3 N–H and O–H groups in total. The van der Waals surface area contributed by atoms with Gasteiger partial charge in [-0.1, -0.05) is 26.0 Å². The van der Waals surface area contributed by atoms with E-state index in [4.69, 9.17) is 9.47 Å². The number of hydrogen-bond acceptors (Lipinski definition) is 7. The standard InChI is InChI=1S/C27H37N5O5/c1-5-37-25(33)18-29-27(35)30-20-10-11-22(21(16-20)26(34)28-17-19(2)3)31-12-14-32(15-13-31)23-8-6-7-9-24(23)36-4/h6-11,16,19H,5,12-15,17-18H2,1-4H3,(H,28,34)(H2,29,30,35). The molecule has 0 aromatic heterocycles. The minimum absolute atomic E-state index is 0.202. The second kappa shape index (κ2) is 13.4. The smallest absolute Gasteiger partial charge is 0.325 e. The van der Waals surface area contributed by atoms with Crippen LogP contribution in [-0.4, -0.2) is 70.9 Å². The normalized spacial score (nSPS) is 13.2. The van der Waals surface area contributed by atoms with Gasteiger partial charge in [0, 0.05) is 44.1 Å². The zero-order chi connectivity index (χ0) is 26.8. The number of anilines is 3. The molecule has 3 rings (SSSR count). The van der Waals surface area contributed by atoms with E-state index < -0.39 is 12.0 Å². The van der Waals surface area contributed by atoms with Crippen LogP contribution in [-0.2, 0) is 9.53 Å². The summed E-state index contributed by atoms with van der Waals surface area (Å²) in [6.45, 7) is 9.27. The summed E-state index contributed by atoms with van der Waals surface area (Å²) in [5.41, 5.74) is 2.79. The molecule has 1 saturated heterocycles. The number of benzene rings is 2. The predicted octanol–water partition coefficient (Wildman–Crippen LogP) is 3.09. The van der Waals surface area contributed by atoms with E-state index in [1.807, 2.05) is 44.2 Å². The summed E-state index contributed by atoms with van der Waals surface area (Å²) in [6.07, 6.45) is 0. The van der Waals surface area contributed by atoms with Gasteiger partial charge in [0.05, 0.1) is 25.0 Å². The van der Waals surface area contributed by atoms with E-state index in [-0.39, 0.29) is 19.1 Å². The van der Waals surface area contributed by atoms with Crippen molar-refractivity contribution in [1.29, 1.82) is 0 Å². The van der Waals surface area contributed by atoms with E-state index in [0.29, 0.717) is 23.7 Å². The van der Waals surface area contributed by atoms with Crippen LogP contribution in [0.2, 0.25) is 0 Å². The molecule has 0 spiro atoms. The average molecular weight is 512 g/mol. The Labute approximate surface area is 218 Å². The summed E-state index contributed by atoms with van der Waals surface area (Å²) in [4.78, 5) is 41.4. The van der Waals surface area contributed by atoms with Crippen LogP contribution in [0.5, 0.6) is 5.75 Å². The van der Waals surface area contributed by atoms with Gasteiger partial charge in [-0.2, -0.15) is 0 Å². The van der Waals surface area contributed by atoms with Gasteiger partial charge in [-0.15, -0.1) is 0 Å². The Bertz CT molecular complexity index is 1080.